The molecule has 3 nitrogen and oxygen atoms in total. The molecule has 0 spiro atoms. The summed E-state index contributed by atoms with van der Waals surface area (Å²) < 4.78 is 3.00. The van der Waals surface area contributed by atoms with Crippen molar-refractivity contribution in [3.63, 3.8) is 0 Å². The van der Waals surface area contributed by atoms with Crippen molar-refractivity contribution in [2.45, 2.75) is 40.5 Å². The maximum Gasteiger partial charge on any atom is 0.139 e. The van der Waals surface area contributed by atoms with Gasteiger partial charge in [-0.15, -0.1) is 0 Å². The molecular weight excluding hydrogens is 290 g/mol. The number of nitrogens with zero attached hydrogens (tertiary/aromatic N) is 2. The number of halogens is 1. The van der Waals surface area contributed by atoms with Crippen molar-refractivity contribution in [2.24, 2.45) is 5.41 Å². The summed E-state index contributed by atoms with van der Waals surface area (Å²) in [5, 5.41) is 0. The van der Waals surface area contributed by atoms with E-state index in [0.717, 1.165) is 21.6 Å². The first kappa shape index (κ1) is 13.4. The minimum atomic E-state index is 0.151. The highest BCUT2D eigenvalue weighted by molar-refractivity contribution is 9.10. The lowest BCUT2D eigenvalue weighted by atomic mass is 9.80. The van der Waals surface area contributed by atoms with Crippen molar-refractivity contribution in [3.05, 3.63) is 28.0 Å². The molecule has 0 radical (unpaired) electrons. The van der Waals surface area contributed by atoms with E-state index < -0.39 is 0 Å². The fourth-order valence-electron chi connectivity index (χ4n) is 1.93. The molecule has 1 unspecified atom stereocenters. The highest BCUT2D eigenvalue weighted by atomic mass is 79.9. The Labute approximate surface area is 117 Å². The summed E-state index contributed by atoms with van der Waals surface area (Å²) >= 11 is 3.53. The van der Waals surface area contributed by atoms with Crippen LogP contribution in [0.4, 0.5) is 5.82 Å². The van der Waals surface area contributed by atoms with Crippen molar-refractivity contribution >= 4 is 27.4 Å². The molecular formula is C14H20BrN3. The quantitative estimate of drug-likeness (QED) is 0.860. The van der Waals surface area contributed by atoms with Crippen molar-refractivity contribution in [3.8, 4) is 0 Å². The number of rotatable bonds is 1. The Balaban J connectivity index is 2.64. The Kier molecular flexibility index (Phi) is 3.18. The Morgan fingerprint density at radius 2 is 2.00 bits per heavy atom. The molecule has 0 aliphatic heterocycles. The molecule has 1 atom stereocenters. The van der Waals surface area contributed by atoms with Gasteiger partial charge in [0.1, 0.15) is 11.5 Å². The van der Waals surface area contributed by atoms with Gasteiger partial charge in [0, 0.05) is 16.6 Å². The molecule has 2 rings (SSSR count). The molecule has 2 N–H and O–H groups in total. The third-order valence-corrected chi connectivity index (χ3v) is 4.51. The standard InChI is InChI=1S/C14H20BrN3/c1-8-6-11-17-12(9(2)14(3,4)5)13(16)18(11)7-10(8)15/h6-7,9H,16H2,1-5H3. The van der Waals surface area contributed by atoms with Crippen LogP contribution in [0, 0.1) is 12.3 Å². The van der Waals surface area contributed by atoms with Crippen LogP contribution in [0.15, 0.2) is 16.7 Å². The van der Waals surface area contributed by atoms with Gasteiger partial charge in [0.25, 0.3) is 0 Å². The number of aromatic nitrogens is 2. The molecule has 0 aromatic carbocycles. The second-order valence-electron chi connectivity index (χ2n) is 6.00. The van der Waals surface area contributed by atoms with Crippen LogP contribution in [0.1, 0.15) is 44.9 Å². The predicted octanol–water partition coefficient (Wildman–Crippen LogP) is 4.14. The van der Waals surface area contributed by atoms with Gasteiger partial charge in [-0.05, 0) is 39.9 Å². The van der Waals surface area contributed by atoms with Crippen LogP contribution >= 0.6 is 15.9 Å². The number of aryl methyl sites for hydroxylation is 1. The van der Waals surface area contributed by atoms with Gasteiger partial charge >= 0.3 is 0 Å². The molecule has 98 valence electrons. The Morgan fingerprint density at radius 1 is 1.39 bits per heavy atom. The summed E-state index contributed by atoms with van der Waals surface area (Å²) in [7, 11) is 0. The van der Waals surface area contributed by atoms with Crippen molar-refractivity contribution in [1.29, 1.82) is 0 Å². The topological polar surface area (TPSA) is 43.3 Å². The predicted molar refractivity (Wildman–Crippen MR) is 79.9 cm³/mol. The van der Waals surface area contributed by atoms with Crippen molar-refractivity contribution < 1.29 is 0 Å². The van der Waals surface area contributed by atoms with E-state index >= 15 is 0 Å². The maximum absolute atomic E-state index is 6.24. The smallest absolute Gasteiger partial charge is 0.139 e. The molecule has 0 saturated heterocycles. The van der Waals surface area contributed by atoms with Gasteiger partial charge in [-0.3, -0.25) is 4.40 Å². The van der Waals surface area contributed by atoms with Gasteiger partial charge in [0.05, 0.1) is 5.69 Å². The number of hydrogen-bond donors (Lipinski definition) is 1. The molecule has 4 heteroatoms. The first-order chi connectivity index (χ1) is 8.21. The summed E-state index contributed by atoms with van der Waals surface area (Å²) in [5.74, 6) is 1.06. The number of imidazole rings is 1. The van der Waals surface area contributed by atoms with Gasteiger partial charge in [-0.1, -0.05) is 27.7 Å². The van der Waals surface area contributed by atoms with Crippen LogP contribution in [0.2, 0.25) is 0 Å². The van der Waals surface area contributed by atoms with Crippen LogP contribution in [-0.4, -0.2) is 9.38 Å². The fraction of sp³-hybridized carbons (Fsp3) is 0.500. The van der Waals surface area contributed by atoms with E-state index in [9.17, 15) is 0 Å². The Hall–Kier alpha value is -1.03. The van der Waals surface area contributed by atoms with Crippen LogP contribution in [-0.2, 0) is 0 Å². The van der Waals surface area contributed by atoms with Crippen LogP contribution in [0.25, 0.3) is 5.65 Å². The van der Waals surface area contributed by atoms with E-state index in [1.165, 1.54) is 5.56 Å². The first-order valence-corrected chi connectivity index (χ1v) is 6.94. The second-order valence-corrected chi connectivity index (χ2v) is 6.86. The van der Waals surface area contributed by atoms with Gasteiger partial charge in [0.2, 0.25) is 0 Å². The zero-order valence-electron chi connectivity index (χ0n) is 11.6. The molecule has 0 aliphatic rings. The Bertz CT molecular complexity index is 593. The van der Waals surface area contributed by atoms with Gasteiger partial charge < -0.3 is 5.73 Å². The fourth-order valence-corrected chi connectivity index (χ4v) is 2.24. The average Bonchev–Trinajstić information content (AvgIpc) is 2.55. The molecule has 0 bridgehead atoms. The van der Waals surface area contributed by atoms with E-state index in [0.29, 0.717) is 5.92 Å². The van der Waals surface area contributed by atoms with Gasteiger partial charge in [-0.25, -0.2) is 4.98 Å². The zero-order chi connectivity index (χ0) is 13.7. The molecule has 0 fully saturated rings. The van der Waals surface area contributed by atoms with E-state index in [2.05, 4.69) is 56.6 Å². The van der Waals surface area contributed by atoms with Crippen LogP contribution < -0.4 is 5.73 Å². The van der Waals surface area contributed by atoms with Crippen LogP contribution in [0.5, 0.6) is 0 Å². The summed E-state index contributed by atoms with van der Waals surface area (Å²) in [6, 6.07) is 2.05. The van der Waals surface area contributed by atoms with E-state index in [-0.39, 0.29) is 5.41 Å². The largest absolute Gasteiger partial charge is 0.383 e. The summed E-state index contributed by atoms with van der Waals surface area (Å²) in [6.07, 6.45) is 1.99. The van der Waals surface area contributed by atoms with Crippen molar-refractivity contribution in [1.82, 2.24) is 9.38 Å². The molecule has 2 heterocycles. The number of anilines is 1. The third-order valence-electron chi connectivity index (χ3n) is 3.68. The minimum Gasteiger partial charge on any atom is -0.383 e. The van der Waals surface area contributed by atoms with Gasteiger partial charge in [-0.2, -0.15) is 0 Å². The molecule has 18 heavy (non-hydrogen) atoms. The maximum atomic E-state index is 6.24. The number of fused-ring (bicyclic) bond motifs is 1. The molecule has 0 aliphatic carbocycles. The number of nitrogens with two attached hydrogens (primary N) is 1. The molecule has 2 aromatic heterocycles. The molecule has 0 saturated carbocycles. The van der Waals surface area contributed by atoms with E-state index in [1.807, 2.05) is 10.6 Å². The second kappa shape index (κ2) is 4.26. The minimum absolute atomic E-state index is 0.151. The summed E-state index contributed by atoms with van der Waals surface area (Å²) in [6.45, 7) is 10.9. The normalized spacial score (nSPS) is 14.1. The number of pyridine rings is 1. The lowest BCUT2D eigenvalue weighted by molar-refractivity contribution is 0.336. The molecule has 0 amide bonds. The average molecular weight is 310 g/mol. The lowest BCUT2D eigenvalue weighted by Gasteiger charge is -2.26. The summed E-state index contributed by atoms with van der Waals surface area (Å²) in [4.78, 5) is 4.70. The first-order valence-electron chi connectivity index (χ1n) is 6.15. The SMILES string of the molecule is Cc1cc2nc(C(C)C(C)(C)C)c(N)n2cc1Br. The highest BCUT2D eigenvalue weighted by Gasteiger charge is 2.26. The van der Waals surface area contributed by atoms with Gasteiger partial charge in [0.15, 0.2) is 0 Å². The summed E-state index contributed by atoms with van der Waals surface area (Å²) in [5.41, 5.74) is 9.46. The number of hydrogen-bond acceptors (Lipinski definition) is 2. The van der Waals surface area contributed by atoms with Crippen molar-refractivity contribution in [2.75, 3.05) is 5.73 Å². The zero-order valence-corrected chi connectivity index (χ0v) is 13.2. The third kappa shape index (κ3) is 2.14. The highest BCUT2D eigenvalue weighted by Crippen LogP contribution is 2.37. The monoisotopic (exact) mass is 309 g/mol. The number of nitrogen functional groups attached to an aromatic ring is 1. The van der Waals surface area contributed by atoms with E-state index in [1.54, 1.807) is 0 Å². The van der Waals surface area contributed by atoms with E-state index in [4.69, 9.17) is 10.7 Å². The molecule has 2 aromatic rings. The Morgan fingerprint density at radius 3 is 2.56 bits per heavy atom. The van der Waals surface area contributed by atoms with Crippen LogP contribution in [0.3, 0.4) is 0 Å². The lowest BCUT2D eigenvalue weighted by Crippen LogP contribution is -2.17.